The first-order chi connectivity index (χ1) is 32.7. The SMILES string of the molecule is C=CC(=O)N1C[C@H](C(=O)N(C)C(C(=O)N[C@H]2Cc3cccc(c3)-c3ccc4c(c3)c(c(-c3cccnc3[C@H](C)OC)n4CC)CC(C)(C)COC(=O)[C@@H]3CCCN(N3)C2=O)C(C)C)[C@H](C(F)(F)F)C1. The predicted octanol–water partition coefficient (Wildman–Crippen LogP) is 7.05. The van der Waals surface area contributed by atoms with Crippen LogP contribution in [0, 0.1) is 23.2 Å². The number of rotatable bonds is 10. The number of benzene rings is 2. The molecule has 4 aromatic rings. The molecule has 4 amide bonds. The lowest BCUT2D eigenvalue weighted by atomic mass is 9.84. The lowest BCUT2D eigenvalue weighted by Gasteiger charge is -2.37. The number of alkyl halides is 3. The smallest absolute Gasteiger partial charge is 0.394 e. The Balaban J connectivity index is 1.29. The highest BCUT2D eigenvalue weighted by atomic mass is 19.4. The fourth-order valence-corrected chi connectivity index (χ4v) is 10.3. The van der Waals surface area contributed by atoms with Crippen molar-refractivity contribution < 1.29 is 46.6 Å². The van der Waals surface area contributed by atoms with Crippen molar-refractivity contribution in [2.75, 3.05) is 40.4 Å². The summed E-state index contributed by atoms with van der Waals surface area (Å²) >= 11 is 0. The number of amides is 4. The summed E-state index contributed by atoms with van der Waals surface area (Å²) in [6, 6.07) is 14.5. The molecule has 2 aromatic carbocycles. The molecule has 0 aliphatic carbocycles. The highest BCUT2D eigenvalue weighted by Gasteiger charge is 2.54. The van der Waals surface area contributed by atoms with Gasteiger partial charge in [-0.2, -0.15) is 13.2 Å². The van der Waals surface area contributed by atoms with E-state index < -0.39 is 90.2 Å². The standard InChI is InChI=1S/C52H64F3N7O7/c1-10-43(63)60-27-38(39(28-60)52(53,54)55)48(65)59(8)45(30(3)4)47(64)57-41-24-32-15-12-16-33(23-32)34-19-20-42-36(25-34)37(46(61(42)11-2)35-17-13-21-56-44(35)31(5)68-9)26-51(6,7)29-69-50(67)40-18-14-22-62(58-40)49(41)66/h10,12-13,15-17,19-21,23,25,30-31,38-41,45,58H,1,11,14,18,22,24,26-29H2,2-9H3,(H,57,64)/t31-,38-,39+,40-,41-,45?/m0/s1. The third-order valence-electron chi connectivity index (χ3n) is 13.8. The minimum Gasteiger partial charge on any atom is -0.464 e. The van der Waals surface area contributed by atoms with Gasteiger partial charge in [0, 0.05) is 74.8 Å². The van der Waals surface area contributed by atoms with Gasteiger partial charge in [0.1, 0.15) is 18.1 Å². The Bertz CT molecular complexity index is 2610. The van der Waals surface area contributed by atoms with Gasteiger partial charge < -0.3 is 29.2 Å². The summed E-state index contributed by atoms with van der Waals surface area (Å²) in [4.78, 5) is 76.4. The van der Waals surface area contributed by atoms with E-state index in [0.29, 0.717) is 31.4 Å². The number of aromatic nitrogens is 2. The fourth-order valence-electron chi connectivity index (χ4n) is 10.3. The van der Waals surface area contributed by atoms with Crippen LogP contribution in [0.3, 0.4) is 0 Å². The number of likely N-dealkylation sites (N-methyl/N-ethyl adjacent to an activating group) is 1. The first-order valence-corrected chi connectivity index (χ1v) is 23.7. The van der Waals surface area contributed by atoms with E-state index in [-0.39, 0.29) is 25.7 Å². The van der Waals surface area contributed by atoms with Crippen molar-refractivity contribution in [3.63, 3.8) is 0 Å². The topological polar surface area (TPSA) is 155 Å². The molecule has 3 aliphatic heterocycles. The van der Waals surface area contributed by atoms with Gasteiger partial charge in [-0.25, -0.2) is 5.43 Å². The third-order valence-corrected chi connectivity index (χ3v) is 13.8. The number of esters is 1. The van der Waals surface area contributed by atoms with Gasteiger partial charge in [-0.15, -0.1) is 0 Å². The largest absolute Gasteiger partial charge is 0.464 e. The van der Waals surface area contributed by atoms with Gasteiger partial charge in [-0.3, -0.25) is 34.0 Å². The zero-order valence-electron chi connectivity index (χ0n) is 40.7. The lowest BCUT2D eigenvalue weighted by Crippen LogP contribution is -2.62. The number of hydrogen-bond donors (Lipinski definition) is 2. The number of nitrogens with one attached hydrogen (secondary N) is 2. The number of carbonyl (C=O) groups is 5. The van der Waals surface area contributed by atoms with Crippen molar-refractivity contribution in [2.24, 2.45) is 23.2 Å². The van der Waals surface area contributed by atoms with Crippen molar-refractivity contribution in [1.82, 2.24) is 35.1 Å². The molecular weight excluding hydrogens is 892 g/mol. The zero-order valence-corrected chi connectivity index (χ0v) is 40.7. The molecule has 14 nitrogen and oxygen atoms in total. The average Bonchev–Trinajstić information content (AvgIpc) is 3.92. The summed E-state index contributed by atoms with van der Waals surface area (Å²) in [5, 5.41) is 5.21. The number of fused-ring (bicyclic) bond motifs is 6. The number of hydrogen-bond acceptors (Lipinski definition) is 9. The van der Waals surface area contributed by atoms with E-state index in [0.717, 1.165) is 60.4 Å². The van der Waals surface area contributed by atoms with Crippen molar-refractivity contribution >= 4 is 40.5 Å². The third kappa shape index (κ3) is 10.6. The van der Waals surface area contributed by atoms with Crippen molar-refractivity contribution in [2.45, 2.75) is 104 Å². The molecule has 69 heavy (non-hydrogen) atoms. The van der Waals surface area contributed by atoms with Crippen LogP contribution in [0.5, 0.6) is 0 Å². The number of methoxy groups -OCH3 is 1. The van der Waals surface area contributed by atoms with Crippen LogP contribution in [-0.4, -0.2) is 119 Å². The van der Waals surface area contributed by atoms with Crippen LogP contribution in [0.1, 0.15) is 77.3 Å². The molecule has 17 heteroatoms. The number of nitrogens with zero attached hydrogens (tertiary/aromatic N) is 5. The maximum Gasteiger partial charge on any atom is 0.394 e. The number of hydrazine groups is 1. The molecule has 0 radical (unpaired) electrons. The first-order valence-electron chi connectivity index (χ1n) is 23.7. The van der Waals surface area contributed by atoms with Crippen LogP contribution < -0.4 is 10.7 Å². The van der Waals surface area contributed by atoms with E-state index in [2.05, 4.69) is 66.9 Å². The summed E-state index contributed by atoms with van der Waals surface area (Å²) in [5.41, 5.74) is 9.76. The predicted molar refractivity (Wildman–Crippen MR) is 255 cm³/mol. The van der Waals surface area contributed by atoms with E-state index in [9.17, 15) is 37.1 Å². The van der Waals surface area contributed by atoms with Crippen LogP contribution in [0.2, 0.25) is 0 Å². The summed E-state index contributed by atoms with van der Waals surface area (Å²) in [7, 11) is 2.93. The van der Waals surface area contributed by atoms with E-state index >= 15 is 0 Å². The number of aryl methyl sites for hydroxylation is 1. The van der Waals surface area contributed by atoms with Crippen LogP contribution in [-0.2, 0) is 52.8 Å². The van der Waals surface area contributed by atoms with Crippen LogP contribution >= 0.6 is 0 Å². The Labute approximate surface area is 401 Å². The van der Waals surface area contributed by atoms with Crippen molar-refractivity contribution in [3.05, 3.63) is 90.3 Å². The highest BCUT2D eigenvalue weighted by molar-refractivity contribution is 5.96. The molecule has 2 saturated heterocycles. The Hall–Kier alpha value is -6.07. The number of ether oxygens (including phenoxy) is 2. The molecule has 6 bridgehead atoms. The fraction of sp³-hybridized carbons (Fsp3) is 0.500. The molecule has 2 fully saturated rings. The van der Waals surface area contributed by atoms with Gasteiger partial charge in [0.05, 0.1) is 35.9 Å². The van der Waals surface area contributed by atoms with E-state index in [1.807, 2.05) is 37.3 Å². The summed E-state index contributed by atoms with van der Waals surface area (Å²) in [6.07, 6.45) is -1.07. The molecular formula is C52H64F3N7O7. The summed E-state index contributed by atoms with van der Waals surface area (Å²) in [5.74, 6) is -7.95. The second kappa shape index (κ2) is 20.5. The molecule has 0 spiro atoms. The molecule has 1 unspecified atom stereocenters. The Morgan fingerprint density at radius 2 is 1.81 bits per heavy atom. The monoisotopic (exact) mass is 955 g/mol. The minimum absolute atomic E-state index is 0.00884. The average molecular weight is 956 g/mol. The molecule has 7 rings (SSSR count). The van der Waals surface area contributed by atoms with Crippen molar-refractivity contribution in [1.29, 1.82) is 0 Å². The maximum absolute atomic E-state index is 14.7. The Morgan fingerprint density at radius 1 is 1.07 bits per heavy atom. The van der Waals surface area contributed by atoms with Gasteiger partial charge >= 0.3 is 12.1 Å². The van der Waals surface area contributed by atoms with Gasteiger partial charge in [0.2, 0.25) is 17.7 Å². The zero-order chi connectivity index (χ0) is 50.1. The molecule has 2 aromatic heterocycles. The molecule has 370 valence electrons. The van der Waals surface area contributed by atoms with E-state index in [1.165, 1.54) is 12.1 Å². The Kier molecular flexibility index (Phi) is 15.1. The second-order valence-corrected chi connectivity index (χ2v) is 19.7. The van der Waals surface area contributed by atoms with Crippen LogP contribution in [0.4, 0.5) is 13.2 Å². The lowest BCUT2D eigenvalue weighted by molar-refractivity contribution is -0.186. The molecule has 2 N–H and O–H groups in total. The normalized spacial score (nSPS) is 21.9. The number of halogens is 3. The Morgan fingerprint density at radius 3 is 2.49 bits per heavy atom. The van der Waals surface area contributed by atoms with E-state index in [4.69, 9.17) is 14.5 Å². The summed E-state index contributed by atoms with van der Waals surface area (Å²) in [6.45, 7) is 14.6. The van der Waals surface area contributed by atoms with Gasteiger partial charge in [0.25, 0.3) is 5.91 Å². The second-order valence-electron chi connectivity index (χ2n) is 19.7. The molecule has 0 saturated carbocycles. The minimum atomic E-state index is -4.80. The molecule has 3 aliphatic rings. The number of likely N-dealkylation sites (tertiary alicyclic amines) is 1. The van der Waals surface area contributed by atoms with Gasteiger partial charge in [-0.05, 0) is 91.6 Å². The number of cyclic esters (lactones) is 1. The quantitative estimate of drug-likeness (QED) is 0.126. The summed E-state index contributed by atoms with van der Waals surface area (Å²) < 4.78 is 57.3. The van der Waals surface area contributed by atoms with E-state index in [1.54, 1.807) is 27.2 Å². The van der Waals surface area contributed by atoms with Crippen LogP contribution in [0.15, 0.2) is 73.4 Å². The number of pyridine rings is 1. The molecule has 5 heterocycles. The van der Waals surface area contributed by atoms with Crippen LogP contribution in [0.25, 0.3) is 33.3 Å². The molecule has 6 atom stereocenters. The highest BCUT2D eigenvalue weighted by Crippen LogP contribution is 2.43. The van der Waals surface area contributed by atoms with Gasteiger partial charge in [0.15, 0.2) is 0 Å². The number of carbonyl (C=O) groups excluding carboxylic acids is 5. The van der Waals surface area contributed by atoms with Gasteiger partial charge in [-0.1, -0.05) is 64.6 Å². The maximum atomic E-state index is 14.7. The van der Waals surface area contributed by atoms with Crippen molar-refractivity contribution in [3.8, 4) is 22.4 Å². The first kappa shape index (κ1) is 50.8.